The SMILES string of the molecule is CCNC(Cc1ccc(Cl)cc1Cl)c1ccncc1C. The molecule has 2 aromatic rings. The highest BCUT2D eigenvalue weighted by molar-refractivity contribution is 6.35. The van der Waals surface area contributed by atoms with Crippen molar-refractivity contribution in [2.45, 2.75) is 26.3 Å². The van der Waals surface area contributed by atoms with Gasteiger partial charge in [-0.3, -0.25) is 4.98 Å². The largest absolute Gasteiger partial charge is 0.310 e. The minimum atomic E-state index is 0.224. The van der Waals surface area contributed by atoms with Gasteiger partial charge in [0.1, 0.15) is 0 Å². The molecule has 0 fully saturated rings. The number of halogens is 2. The summed E-state index contributed by atoms with van der Waals surface area (Å²) in [5, 5.41) is 4.89. The predicted molar refractivity (Wildman–Crippen MR) is 85.6 cm³/mol. The van der Waals surface area contributed by atoms with Crippen LogP contribution in [-0.2, 0) is 6.42 Å². The molecular weight excluding hydrogens is 291 g/mol. The zero-order valence-electron chi connectivity index (χ0n) is 11.7. The number of hydrogen-bond acceptors (Lipinski definition) is 2. The number of benzene rings is 1. The van der Waals surface area contributed by atoms with Gasteiger partial charge in [0.2, 0.25) is 0 Å². The van der Waals surface area contributed by atoms with Gasteiger partial charge >= 0.3 is 0 Å². The van der Waals surface area contributed by atoms with E-state index in [4.69, 9.17) is 23.2 Å². The molecule has 1 unspecified atom stereocenters. The molecule has 0 aliphatic carbocycles. The van der Waals surface area contributed by atoms with Crippen molar-refractivity contribution >= 4 is 23.2 Å². The van der Waals surface area contributed by atoms with Crippen LogP contribution in [0.5, 0.6) is 0 Å². The van der Waals surface area contributed by atoms with Gasteiger partial charge in [0, 0.05) is 28.5 Å². The summed E-state index contributed by atoms with van der Waals surface area (Å²) in [7, 11) is 0. The molecular formula is C16H18Cl2N2. The van der Waals surface area contributed by atoms with E-state index >= 15 is 0 Å². The second kappa shape index (κ2) is 7.07. The monoisotopic (exact) mass is 308 g/mol. The summed E-state index contributed by atoms with van der Waals surface area (Å²) in [6.45, 7) is 5.08. The summed E-state index contributed by atoms with van der Waals surface area (Å²) < 4.78 is 0. The first-order valence-corrected chi connectivity index (χ1v) is 7.45. The minimum Gasteiger partial charge on any atom is -0.310 e. The Labute approximate surface area is 130 Å². The van der Waals surface area contributed by atoms with Crippen LogP contribution in [0.3, 0.4) is 0 Å². The Bertz CT molecular complexity index is 584. The van der Waals surface area contributed by atoms with Gasteiger partial charge in [-0.25, -0.2) is 0 Å². The number of likely N-dealkylation sites (N-methyl/N-ethyl adjacent to an activating group) is 1. The number of nitrogens with zero attached hydrogens (tertiary/aromatic N) is 1. The van der Waals surface area contributed by atoms with Crippen molar-refractivity contribution in [1.29, 1.82) is 0 Å². The molecule has 1 aromatic heterocycles. The molecule has 2 rings (SSSR count). The molecule has 20 heavy (non-hydrogen) atoms. The van der Waals surface area contributed by atoms with E-state index in [-0.39, 0.29) is 6.04 Å². The maximum Gasteiger partial charge on any atom is 0.0453 e. The Morgan fingerprint density at radius 1 is 1.25 bits per heavy atom. The van der Waals surface area contributed by atoms with Gasteiger partial charge in [0.25, 0.3) is 0 Å². The molecule has 4 heteroatoms. The first kappa shape index (κ1) is 15.3. The Balaban J connectivity index is 2.28. The van der Waals surface area contributed by atoms with E-state index in [9.17, 15) is 0 Å². The Morgan fingerprint density at radius 3 is 2.70 bits per heavy atom. The summed E-state index contributed by atoms with van der Waals surface area (Å²) in [4.78, 5) is 4.15. The molecule has 0 radical (unpaired) electrons. The van der Waals surface area contributed by atoms with Crippen LogP contribution in [0.25, 0.3) is 0 Å². The molecule has 0 saturated heterocycles. The van der Waals surface area contributed by atoms with Crippen LogP contribution in [-0.4, -0.2) is 11.5 Å². The fourth-order valence-electron chi connectivity index (χ4n) is 2.32. The van der Waals surface area contributed by atoms with Crippen molar-refractivity contribution in [3.63, 3.8) is 0 Å². The summed E-state index contributed by atoms with van der Waals surface area (Å²) in [5.41, 5.74) is 3.54. The molecule has 2 nitrogen and oxygen atoms in total. The Hall–Kier alpha value is -1.09. The lowest BCUT2D eigenvalue weighted by atomic mass is 9.96. The van der Waals surface area contributed by atoms with Crippen LogP contribution in [0.2, 0.25) is 10.0 Å². The second-order valence-electron chi connectivity index (χ2n) is 4.78. The van der Waals surface area contributed by atoms with Crippen LogP contribution in [0, 0.1) is 6.92 Å². The summed E-state index contributed by atoms with van der Waals surface area (Å²) >= 11 is 12.2. The molecule has 1 aromatic carbocycles. The zero-order chi connectivity index (χ0) is 14.5. The van der Waals surface area contributed by atoms with Crippen molar-refractivity contribution in [2.24, 2.45) is 0 Å². The number of rotatable bonds is 5. The molecule has 0 amide bonds. The lowest BCUT2D eigenvalue weighted by Crippen LogP contribution is -2.24. The maximum absolute atomic E-state index is 6.28. The van der Waals surface area contributed by atoms with Crippen molar-refractivity contribution in [3.05, 3.63) is 63.4 Å². The lowest BCUT2D eigenvalue weighted by Gasteiger charge is -2.21. The van der Waals surface area contributed by atoms with E-state index in [1.807, 2.05) is 24.5 Å². The maximum atomic E-state index is 6.28. The molecule has 0 saturated carbocycles. The molecule has 0 spiro atoms. The average molecular weight is 309 g/mol. The Kier molecular flexibility index (Phi) is 5.41. The fourth-order valence-corrected chi connectivity index (χ4v) is 2.81. The van der Waals surface area contributed by atoms with Crippen LogP contribution in [0.4, 0.5) is 0 Å². The highest BCUT2D eigenvalue weighted by atomic mass is 35.5. The van der Waals surface area contributed by atoms with Gasteiger partial charge in [0.15, 0.2) is 0 Å². The van der Waals surface area contributed by atoms with Gasteiger partial charge < -0.3 is 5.32 Å². The van der Waals surface area contributed by atoms with E-state index in [1.165, 1.54) is 11.1 Å². The van der Waals surface area contributed by atoms with Gasteiger partial charge in [-0.15, -0.1) is 0 Å². The van der Waals surface area contributed by atoms with Crippen LogP contribution >= 0.6 is 23.2 Å². The van der Waals surface area contributed by atoms with Crippen LogP contribution in [0.15, 0.2) is 36.7 Å². The van der Waals surface area contributed by atoms with Crippen molar-refractivity contribution in [3.8, 4) is 0 Å². The number of aryl methyl sites for hydroxylation is 1. The number of aromatic nitrogens is 1. The van der Waals surface area contributed by atoms with Crippen molar-refractivity contribution < 1.29 is 0 Å². The van der Waals surface area contributed by atoms with Gasteiger partial charge in [-0.1, -0.05) is 36.2 Å². The summed E-state index contributed by atoms with van der Waals surface area (Å²) in [6, 6.07) is 7.95. The molecule has 0 aliphatic heterocycles. The zero-order valence-corrected chi connectivity index (χ0v) is 13.2. The lowest BCUT2D eigenvalue weighted by molar-refractivity contribution is 0.547. The van der Waals surface area contributed by atoms with Gasteiger partial charge in [-0.05, 0) is 54.8 Å². The quantitative estimate of drug-likeness (QED) is 0.874. The van der Waals surface area contributed by atoms with E-state index in [0.29, 0.717) is 10.0 Å². The topological polar surface area (TPSA) is 24.9 Å². The summed E-state index contributed by atoms with van der Waals surface area (Å²) in [5.74, 6) is 0. The normalized spacial score (nSPS) is 12.4. The van der Waals surface area contributed by atoms with Gasteiger partial charge in [-0.2, -0.15) is 0 Å². The standard InChI is InChI=1S/C16H18Cl2N2/c1-3-20-16(14-6-7-19-10-11(14)2)8-12-4-5-13(17)9-15(12)18/h4-7,9-10,16,20H,3,8H2,1-2H3. The van der Waals surface area contributed by atoms with Crippen molar-refractivity contribution in [1.82, 2.24) is 10.3 Å². The minimum absolute atomic E-state index is 0.224. The number of pyridine rings is 1. The third-order valence-electron chi connectivity index (χ3n) is 3.33. The van der Waals surface area contributed by atoms with E-state index in [0.717, 1.165) is 18.5 Å². The second-order valence-corrected chi connectivity index (χ2v) is 5.63. The fraction of sp³-hybridized carbons (Fsp3) is 0.312. The van der Waals surface area contributed by atoms with Crippen LogP contribution in [0.1, 0.15) is 29.7 Å². The highest BCUT2D eigenvalue weighted by Gasteiger charge is 2.15. The van der Waals surface area contributed by atoms with Crippen LogP contribution < -0.4 is 5.32 Å². The van der Waals surface area contributed by atoms with E-state index in [2.05, 4.69) is 30.2 Å². The molecule has 1 heterocycles. The predicted octanol–water partition coefficient (Wildman–Crippen LogP) is 4.59. The summed E-state index contributed by atoms with van der Waals surface area (Å²) in [6.07, 6.45) is 4.55. The van der Waals surface area contributed by atoms with Crippen molar-refractivity contribution in [2.75, 3.05) is 6.54 Å². The average Bonchev–Trinajstić information content (AvgIpc) is 2.42. The number of nitrogens with one attached hydrogen (secondary N) is 1. The molecule has 1 atom stereocenters. The molecule has 0 aliphatic rings. The number of hydrogen-bond donors (Lipinski definition) is 1. The Morgan fingerprint density at radius 2 is 2.05 bits per heavy atom. The molecule has 0 bridgehead atoms. The van der Waals surface area contributed by atoms with Gasteiger partial charge in [0.05, 0.1) is 0 Å². The third kappa shape index (κ3) is 3.72. The first-order valence-electron chi connectivity index (χ1n) is 6.69. The first-order chi connectivity index (χ1) is 9.61. The third-order valence-corrected chi connectivity index (χ3v) is 3.92. The van der Waals surface area contributed by atoms with E-state index < -0.39 is 0 Å². The smallest absolute Gasteiger partial charge is 0.0453 e. The van der Waals surface area contributed by atoms with E-state index in [1.54, 1.807) is 6.07 Å². The molecule has 106 valence electrons. The molecule has 1 N–H and O–H groups in total. The highest BCUT2D eigenvalue weighted by Crippen LogP contribution is 2.27.